The summed E-state index contributed by atoms with van der Waals surface area (Å²) in [5, 5.41) is 2.72. The number of ether oxygens (including phenoxy) is 2. The van der Waals surface area contributed by atoms with Gasteiger partial charge in [0.2, 0.25) is 5.91 Å². The van der Waals surface area contributed by atoms with Crippen LogP contribution in [0.25, 0.3) is 0 Å². The number of carbonyl (C=O) groups is 1. The molecule has 1 fully saturated rings. The number of benzene rings is 1. The van der Waals surface area contributed by atoms with Gasteiger partial charge in [-0.3, -0.25) is 4.79 Å². The van der Waals surface area contributed by atoms with Gasteiger partial charge in [0.05, 0.1) is 18.8 Å². The highest BCUT2D eigenvalue weighted by atomic mass is 19.2. The molecule has 122 valence electrons. The first-order valence-corrected chi connectivity index (χ1v) is 7.46. The van der Waals surface area contributed by atoms with Crippen LogP contribution in [-0.4, -0.2) is 31.3 Å². The zero-order valence-corrected chi connectivity index (χ0v) is 12.8. The van der Waals surface area contributed by atoms with Gasteiger partial charge in [-0.05, 0) is 44.4 Å². The fraction of sp³-hybridized carbons (Fsp3) is 0.562. The lowest BCUT2D eigenvalue weighted by Crippen LogP contribution is -2.37. The van der Waals surface area contributed by atoms with Crippen molar-refractivity contribution in [3.8, 4) is 0 Å². The van der Waals surface area contributed by atoms with Crippen molar-refractivity contribution in [3.05, 3.63) is 35.4 Å². The Morgan fingerprint density at radius 3 is 2.82 bits per heavy atom. The molecule has 3 atom stereocenters. The highest BCUT2D eigenvalue weighted by Crippen LogP contribution is 2.17. The molecule has 0 aliphatic carbocycles. The molecule has 0 aromatic heterocycles. The van der Waals surface area contributed by atoms with E-state index in [1.54, 1.807) is 13.8 Å². The Hall–Kier alpha value is -1.53. The highest BCUT2D eigenvalue weighted by Gasteiger charge is 2.21. The summed E-state index contributed by atoms with van der Waals surface area (Å²) in [5.74, 6) is -2.13. The number of amides is 1. The molecule has 4 nitrogen and oxygen atoms in total. The summed E-state index contributed by atoms with van der Waals surface area (Å²) in [5.41, 5.74) is 0.499. The number of hydrogen-bond donors (Lipinski definition) is 1. The van der Waals surface area contributed by atoms with E-state index >= 15 is 0 Å². The van der Waals surface area contributed by atoms with E-state index in [-0.39, 0.29) is 12.0 Å². The van der Waals surface area contributed by atoms with E-state index in [0.717, 1.165) is 31.6 Å². The van der Waals surface area contributed by atoms with Crippen LogP contribution in [0.2, 0.25) is 0 Å². The van der Waals surface area contributed by atoms with Crippen LogP contribution in [0.3, 0.4) is 0 Å². The van der Waals surface area contributed by atoms with E-state index in [4.69, 9.17) is 9.47 Å². The van der Waals surface area contributed by atoms with Crippen LogP contribution in [0.4, 0.5) is 8.78 Å². The third-order valence-corrected chi connectivity index (χ3v) is 3.73. The van der Waals surface area contributed by atoms with Crippen LogP contribution in [0, 0.1) is 11.6 Å². The normalized spacial score (nSPS) is 20.6. The summed E-state index contributed by atoms with van der Waals surface area (Å²) in [6, 6.07) is 3.14. The zero-order valence-electron chi connectivity index (χ0n) is 12.8. The first-order chi connectivity index (χ1) is 10.5. The largest absolute Gasteiger partial charge is 0.376 e. The van der Waals surface area contributed by atoms with Crippen molar-refractivity contribution in [2.45, 2.75) is 44.9 Å². The van der Waals surface area contributed by atoms with Gasteiger partial charge in [-0.1, -0.05) is 6.07 Å². The molecule has 6 heteroatoms. The van der Waals surface area contributed by atoms with Gasteiger partial charge in [0.1, 0.15) is 6.10 Å². The lowest BCUT2D eigenvalue weighted by atomic mass is 10.1. The Balaban J connectivity index is 1.82. The van der Waals surface area contributed by atoms with Crippen LogP contribution in [0.15, 0.2) is 18.2 Å². The Morgan fingerprint density at radius 2 is 2.18 bits per heavy atom. The molecule has 1 aliphatic heterocycles. The summed E-state index contributed by atoms with van der Waals surface area (Å²) < 4.78 is 37.0. The fourth-order valence-corrected chi connectivity index (χ4v) is 2.30. The minimum absolute atomic E-state index is 0.0545. The monoisotopic (exact) mass is 313 g/mol. The summed E-state index contributed by atoms with van der Waals surface area (Å²) in [7, 11) is 0. The van der Waals surface area contributed by atoms with E-state index in [1.165, 1.54) is 6.07 Å². The molecule has 0 bridgehead atoms. The van der Waals surface area contributed by atoms with Crippen LogP contribution < -0.4 is 5.32 Å². The first-order valence-electron chi connectivity index (χ1n) is 7.46. The van der Waals surface area contributed by atoms with Crippen molar-refractivity contribution >= 4 is 5.91 Å². The first kappa shape index (κ1) is 16.8. The molecule has 1 N–H and O–H groups in total. The lowest BCUT2D eigenvalue weighted by Gasteiger charge is -2.19. The van der Waals surface area contributed by atoms with Crippen LogP contribution >= 0.6 is 0 Å². The Bertz CT molecular complexity index is 518. The molecule has 0 spiro atoms. The van der Waals surface area contributed by atoms with Gasteiger partial charge in [-0.25, -0.2) is 8.78 Å². The fourth-order valence-electron chi connectivity index (χ4n) is 2.30. The van der Waals surface area contributed by atoms with E-state index in [0.29, 0.717) is 12.2 Å². The lowest BCUT2D eigenvalue weighted by molar-refractivity contribution is -0.134. The minimum Gasteiger partial charge on any atom is -0.376 e. The smallest absolute Gasteiger partial charge is 0.249 e. The average molecular weight is 313 g/mol. The predicted octanol–water partition coefficient (Wildman–Crippen LogP) is 2.73. The van der Waals surface area contributed by atoms with Crippen LogP contribution in [0.1, 0.15) is 38.3 Å². The molecule has 0 unspecified atom stereocenters. The molecule has 1 aromatic carbocycles. The summed E-state index contributed by atoms with van der Waals surface area (Å²) in [4.78, 5) is 12.0. The topological polar surface area (TPSA) is 47.6 Å². The standard InChI is InChI=1S/C16H21F2NO3/c1-10(12-5-6-14(17)15(18)8-12)19-16(20)11(2)22-9-13-4-3-7-21-13/h5-6,8,10-11,13H,3-4,7,9H2,1-2H3,(H,19,20)/t10-,11-,13-/m0/s1. The zero-order chi connectivity index (χ0) is 16.1. The maximum absolute atomic E-state index is 13.2. The highest BCUT2D eigenvalue weighted by molar-refractivity contribution is 5.80. The Morgan fingerprint density at radius 1 is 1.41 bits per heavy atom. The second-order valence-corrected chi connectivity index (χ2v) is 5.51. The predicted molar refractivity (Wildman–Crippen MR) is 77.3 cm³/mol. The second kappa shape index (κ2) is 7.65. The average Bonchev–Trinajstić information content (AvgIpc) is 3.00. The number of nitrogens with one attached hydrogen (secondary N) is 1. The molecule has 2 rings (SSSR count). The third kappa shape index (κ3) is 4.48. The molecule has 0 radical (unpaired) electrons. The van der Waals surface area contributed by atoms with Crippen molar-refractivity contribution in [3.63, 3.8) is 0 Å². The third-order valence-electron chi connectivity index (χ3n) is 3.73. The second-order valence-electron chi connectivity index (χ2n) is 5.51. The molecule has 1 amide bonds. The summed E-state index contributed by atoms with van der Waals surface area (Å²) >= 11 is 0. The number of halogens is 2. The molecule has 1 aliphatic rings. The van der Waals surface area contributed by atoms with Gasteiger partial charge in [0, 0.05) is 6.61 Å². The van der Waals surface area contributed by atoms with Gasteiger partial charge < -0.3 is 14.8 Å². The number of carbonyl (C=O) groups excluding carboxylic acids is 1. The van der Waals surface area contributed by atoms with Crippen molar-refractivity contribution in [2.24, 2.45) is 0 Å². The van der Waals surface area contributed by atoms with Gasteiger partial charge in [0.25, 0.3) is 0 Å². The minimum atomic E-state index is -0.929. The van der Waals surface area contributed by atoms with Crippen LogP contribution in [0.5, 0.6) is 0 Å². The molecule has 1 aromatic rings. The number of rotatable bonds is 6. The van der Waals surface area contributed by atoms with Crippen molar-refractivity contribution in [1.82, 2.24) is 5.32 Å². The number of hydrogen-bond acceptors (Lipinski definition) is 3. The molecule has 0 saturated carbocycles. The van der Waals surface area contributed by atoms with Gasteiger partial charge in [-0.15, -0.1) is 0 Å². The molecule has 1 heterocycles. The maximum atomic E-state index is 13.2. The van der Waals surface area contributed by atoms with Gasteiger partial charge >= 0.3 is 0 Å². The Kier molecular flexibility index (Phi) is 5.85. The van der Waals surface area contributed by atoms with E-state index < -0.39 is 23.8 Å². The molecular formula is C16H21F2NO3. The molecule has 22 heavy (non-hydrogen) atoms. The van der Waals surface area contributed by atoms with Crippen molar-refractivity contribution < 1.29 is 23.0 Å². The van der Waals surface area contributed by atoms with Gasteiger partial charge in [0.15, 0.2) is 11.6 Å². The van der Waals surface area contributed by atoms with Crippen LogP contribution in [-0.2, 0) is 14.3 Å². The van der Waals surface area contributed by atoms with Crippen molar-refractivity contribution in [2.75, 3.05) is 13.2 Å². The van der Waals surface area contributed by atoms with E-state index in [9.17, 15) is 13.6 Å². The van der Waals surface area contributed by atoms with Crippen molar-refractivity contribution in [1.29, 1.82) is 0 Å². The summed E-state index contributed by atoms with van der Waals surface area (Å²) in [6.45, 7) is 4.48. The van der Waals surface area contributed by atoms with E-state index in [2.05, 4.69) is 5.32 Å². The maximum Gasteiger partial charge on any atom is 0.249 e. The quantitative estimate of drug-likeness (QED) is 0.878. The summed E-state index contributed by atoms with van der Waals surface area (Å²) in [6.07, 6.45) is 1.39. The SMILES string of the molecule is C[C@H](OC[C@@H]1CCCO1)C(=O)N[C@@H](C)c1ccc(F)c(F)c1. The molecular weight excluding hydrogens is 292 g/mol. The Labute approximate surface area is 128 Å². The van der Waals surface area contributed by atoms with Gasteiger partial charge in [-0.2, -0.15) is 0 Å². The molecule has 1 saturated heterocycles. The van der Waals surface area contributed by atoms with E-state index in [1.807, 2.05) is 0 Å².